The van der Waals surface area contributed by atoms with Gasteiger partial charge in [0, 0.05) is 23.3 Å². The second-order valence-corrected chi connectivity index (χ2v) is 6.34. The second kappa shape index (κ2) is 5.47. The smallest absolute Gasteiger partial charge is 0.230 e. The third-order valence-corrected chi connectivity index (χ3v) is 4.76. The fourth-order valence-corrected chi connectivity index (χ4v) is 3.71. The minimum absolute atomic E-state index is 0.225. The van der Waals surface area contributed by atoms with Crippen molar-refractivity contribution in [3.8, 4) is 0 Å². The highest BCUT2D eigenvalue weighted by Crippen LogP contribution is 2.36. The molecule has 1 aromatic rings. The number of nitrogen functional groups attached to an aromatic ring is 1. The van der Waals surface area contributed by atoms with Gasteiger partial charge in [-0.05, 0) is 49.9 Å². The summed E-state index contributed by atoms with van der Waals surface area (Å²) < 4.78 is 0. The van der Waals surface area contributed by atoms with Crippen LogP contribution < -0.4 is 10.6 Å². The average Bonchev–Trinajstić information content (AvgIpc) is 2.62. The Balaban J connectivity index is 1.84. The minimum atomic E-state index is 0.225. The van der Waals surface area contributed by atoms with Gasteiger partial charge in [0.25, 0.3) is 0 Å². The third kappa shape index (κ3) is 2.41. The van der Waals surface area contributed by atoms with Gasteiger partial charge in [0.05, 0.1) is 0 Å². The molecule has 0 bridgehead atoms. The van der Waals surface area contributed by atoms with Crippen molar-refractivity contribution in [1.82, 2.24) is 0 Å². The van der Waals surface area contributed by atoms with Gasteiger partial charge in [0.1, 0.15) is 0 Å². The van der Waals surface area contributed by atoms with Crippen LogP contribution in [0.4, 0.5) is 11.4 Å². The second-order valence-electron chi connectivity index (χ2n) is 6.34. The first-order valence-corrected chi connectivity index (χ1v) is 7.88. The van der Waals surface area contributed by atoms with Gasteiger partial charge < -0.3 is 10.6 Å². The lowest BCUT2D eigenvalue weighted by Crippen LogP contribution is -2.40. The number of rotatable bonds is 1. The van der Waals surface area contributed by atoms with Crippen LogP contribution >= 0.6 is 0 Å². The topological polar surface area (TPSA) is 46.3 Å². The molecule has 0 aromatic heterocycles. The highest BCUT2D eigenvalue weighted by molar-refractivity contribution is 5.98. The van der Waals surface area contributed by atoms with Crippen molar-refractivity contribution >= 4 is 17.3 Å². The predicted octanol–water partition coefficient (Wildman–Crippen LogP) is 3.52. The molecule has 0 saturated heterocycles. The van der Waals surface area contributed by atoms with E-state index in [1.54, 1.807) is 0 Å². The number of carbonyl (C=O) groups is 1. The molecule has 1 amide bonds. The number of hydrogen-bond acceptors (Lipinski definition) is 2. The summed E-state index contributed by atoms with van der Waals surface area (Å²) in [5, 5.41) is 0. The SMILES string of the molecule is CC1Cc2cc(N)ccc2N1C(=O)C1CCCCCC1. The van der Waals surface area contributed by atoms with E-state index < -0.39 is 0 Å². The van der Waals surface area contributed by atoms with E-state index in [9.17, 15) is 4.79 Å². The van der Waals surface area contributed by atoms with Gasteiger partial charge in [0.2, 0.25) is 5.91 Å². The Morgan fingerprint density at radius 1 is 1.20 bits per heavy atom. The summed E-state index contributed by atoms with van der Waals surface area (Å²) in [7, 11) is 0. The Morgan fingerprint density at radius 2 is 1.90 bits per heavy atom. The number of benzene rings is 1. The first-order valence-electron chi connectivity index (χ1n) is 7.88. The van der Waals surface area contributed by atoms with Crippen LogP contribution in [0.2, 0.25) is 0 Å². The first kappa shape index (κ1) is 13.5. The van der Waals surface area contributed by atoms with Gasteiger partial charge in [0.15, 0.2) is 0 Å². The Bertz CT molecular complexity index is 504. The molecule has 1 fully saturated rings. The maximum Gasteiger partial charge on any atom is 0.230 e. The molecule has 0 radical (unpaired) electrons. The zero-order chi connectivity index (χ0) is 14.1. The van der Waals surface area contributed by atoms with E-state index in [0.717, 1.165) is 30.6 Å². The van der Waals surface area contributed by atoms with Gasteiger partial charge in [-0.2, -0.15) is 0 Å². The minimum Gasteiger partial charge on any atom is -0.399 e. The van der Waals surface area contributed by atoms with E-state index in [1.165, 1.54) is 31.2 Å². The summed E-state index contributed by atoms with van der Waals surface area (Å²) in [6, 6.07) is 6.21. The molecule has 2 N–H and O–H groups in total. The summed E-state index contributed by atoms with van der Waals surface area (Å²) in [6.07, 6.45) is 8.02. The van der Waals surface area contributed by atoms with Crippen molar-refractivity contribution in [2.75, 3.05) is 10.6 Å². The number of nitrogens with zero attached hydrogens (tertiary/aromatic N) is 1. The van der Waals surface area contributed by atoms with E-state index in [-0.39, 0.29) is 12.0 Å². The largest absolute Gasteiger partial charge is 0.399 e. The lowest BCUT2D eigenvalue weighted by molar-refractivity contribution is -0.123. The quantitative estimate of drug-likeness (QED) is 0.628. The number of amides is 1. The van der Waals surface area contributed by atoms with Crippen molar-refractivity contribution in [2.45, 2.75) is 57.9 Å². The molecular formula is C17H24N2O. The highest BCUT2D eigenvalue weighted by Gasteiger charge is 2.34. The van der Waals surface area contributed by atoms with Crippen LogP contribution in [0, 0.1) is 5.92 Å². The van der Waals surface area contributed by atoms with Crippen LogP contribution in [-0.2, 0) is 11.2 Å². The molecule has 0 spiro atoms. The summed E-state index contributed by atoms with van der Waals surface area (Å²) in [5.41, 5.74) is 8.96. The molecule has 1 heterocycles. The molecule has 1 unspecified atom stereocenters. The summed E-state index contributed by atoms with van der Waals surface area (Å²) in [5.74, 6) is 0.561. The molecule has 3 rings (SSSR count). The van der Waals surface area contributed by atoms with Crippen molar-refractivity contribution in [1.29, 1.82) is 0 Å². The van der Waals surface area contributed by atoms with Crippen LogP contribution in [0.3, 0.4) is 0 Å². The van der Waals surface area contributed by atoms with Gasteiger partial charge in [-0.25, -0.2) is 0 Å². The number of carbonyl (C=O) groups excluding carboxylic acids is 1. The van der Waals surface area contributed by atoms with E-state index in [1.807, 2.05) is 23.1 Å². The lowest BCUT2D eigenvalue weighted by Gasteiger charge is -2.27. The molecule has 108 valence electrons. The van der Waals surface area contributed by atoms with Crippen molar-refractivity contribution < 1.29 is 4.79 Å². The Labute approximate surface area is 121 Å². The van der Waals surface area contributed by atoms with Crippen LogP contribution in [0.1, 0.15) is 51.0 Å². The number of nitrogens with two attached hydrogens (primary N) is 1. The lowest BCUT2D eigenvalue weighted by atomic mass is 9.98. The number of fused-ring (bicyclic) bond motifs is 1. The first-order chi connectivity index (χ1) is 9.66. The van der Waals surface area contributed by atoms with E-state index >= 15 is 0 Å². The Morgan fingerprint density at radius 3 is 2.60 bits per heavy atom. The summed E-state index contributed by atoms with van der Waals surface area (Å²) >= 11 is 0. The van der Waals surface area contributed by atoms with Crippen molar-refractivity contribution in [3.63, 3.8) is 0 Å². The normalized spacial score (nSPS) is 23.4. The Kier molecular flexibility index (Phi) is 3.68. The average molecular weight is 272 g/mol. The van der Waals surface area contributed by atoms with Crippen LogP contribution in [0.25, 0.3) is 0 Å². The molecule has 1 aliphatic carbocycles. The molecular weight excluding hydrogens is 248 g/mol. The van der Waals surface area contributed by atoms with Gasteiger partial charge >= 0.3 is 0 Å². The van der Waals surface area contributed by atoms with Gasteiger partial charge in [-0.3, -0.25) is 4.79 Å². The summed E-state index contributed by atoms with van der Waals surface area (Å²) in [6.45, 7) is 2.14. The third-order valence-electron chi connectivity index (χ3n) is 4.76. The molecule has 2 aliphatic rings. The predicted molar refractivity (Wildman–Crippen MR) is 82.7 cm³/mol. The van der Waals surface area contributed by atoms with Crippen LogP contribution in [0.15, 0.2) is 18.2 Å². The molecule has 3 nitrogen and oxygen atoms in total. The van der Waals surface area contributed by atoms with Crippen LogP contribution in [-0.4, -0.2) is 11.9 Å². The van der Waals surface area contributed by atoms with Crippen molar-refractivity contribution in [3.05, 3.63) is 23.8 Å². The standard InChI is InChI=1S/C17H24N2O/c1-12-10-14-11-15(18)8-9-16(14)19(12)17(20)13-6-4-2-3-5-7-13/h8-9,11-13H,2-7,10,18H2,1H3. The maximum atomic E-state index is 12.9. The van der Waals surface area contributed by atoms with Gasteiger partial charge in [-0.15, -0.1) is 0 Å². The number of anilines is 2. The van der Waals surface area contributed by atoms with E-state index in [4.69, 9.17) is 5.73 Å². The van der Waals surface area contributed by atoms with E-state index in [2.05, 4.69) is 6.92 Å². The van der Waals surface area contributed by atoms with Gasteiger partial charge in [-0.1, -0.05) is 25.7 Å². The molecule has 1 saturated carbocycles. The van der Waals surface area contributed by atoms with Crippen molar-refractivity contribution in [2.24, 2.45) is 5.92 Å². The molecule has 1 aromatic carbocycles. The van der Waals surface area contributed by atoms with E-state index in [0.29, 0.717) is 5.91 Å². The fraction of sp³-hybridized carbons (Fsp3) is 0.588. The zero-order valence-electron chi connectivity index (χ0n) is 12.3. The molecule has 3 heteroatoms. The highest BCUT2D eigenvalue weighted by atomic mass is 16.2. The van der Waals surface area contributed by atoms with Crippen LogP contribution in [0.5, 0.6) is 0 Å². The molecule has 1 atom stereocenters. The number of hydrogen-bond donors (Lipinski definition) is 1. The maximum absolute atomic E-state index is 12.9. The summed E-state index contributed by atoms with van der Waals surface area (Å²) in [4.78, 5) is 14.9. The zero-order valence-corrected chi connectivity index (χ0v) is 12.3. The molecule has 1 aliphatic heterocycles. The Hall–Kier alpha value is -1.51. The molecule has 20 heavy (non-hydrogen) atoms. The fourth-order valence-electron chi connectivity index (χ4n) is 3.71. The monoisotopic (exact) mass is 272 g/mol.